The number of nitrogens with zero attached hydrogens (tertiary/aromatic N) is 4. The maximum Gasteiger partial charge on any atom is 0.187 e. The number of carbonyl (C=O) groups is 1. The molecule has 30 heavy (non-hydrogen) atoms. The molecule has 2 atom stereocenters. The number of fused-ring (bicyclic) bond motifs is 2. The molecule has 2 fully saturated rings. The van der Waals surface area contributed by atoms with Gasteiger partial charge < -0.3 is 10.6 Å². The molecule has 2 bridgehead atoms. The highest BCUT2D eigenvalue weighted by Crippen LogP contribution is 2.39. The summed E-state index contributed by atoms with van der Waals surface area (Å²) in [6.45, 7) is 1.56. The van der Waals surface area contributed by atoms with Crippen molar-refractivity contribution in [3.05, 3.63) is 65.0 Å². The molecule has 154 valence electrons. The smallest absolute Gasteiger partial charge is 0.187 e. The van der Waals surface area contributed by atoms with Crippen LogP contribution in [0.5, 0.6) is 0 Å². The second kappa shape index (κ2) is 7.42. The number of H-pyrrole nitrogens is 1. The first kappa shape index (κ1) is 19.1. The van der Waals surface area contributed by atoms with Crippen molar-refractivity contribution < 1.29 is 9.18 Å². The largest absolute Gasteiger partial charge is 0.322 e. The zero-order valence-electron chi connectivity index (χ0n) is 15.9. The van der Waals surface area contributed by atoms with Crippen molar-refractivity contribution >= 4 is 29.0 Å². The van der Waals surface area contributed by atoms with Crippen LogP contribution in [0.25, 0.3) is 0 Å². The summed E-state index contributed by atoms with van der Waals surface area (Å²) in [6, 6.07) is 6.50. The van der Waals surface area contributed by atoms with Crippen molar-refractivity contribution in [2.24, 2.45) is 0 Å². The molecule has 0 unspecified atom stereocenters. The number of aromatic amines is 1. The summed E-state index contributed by atoms with van der Waals surface area (Å²) in [5.41, 5.74) is -0.0949. The summed E-state index contributed by atoms with van der Waals surface area (Å²) < 4.78 is 14.6. The number of hydrogen-bond acceptors (Lipinski definition) is 7. The molecule has 10 heteroatoms. The third kappa shape index (κ3) is 3.24. The molecule has 2 aliphatic heterocycles. The Kier molecular flexibility index (Phi) is 4.73. The van der Waals surface area contributed by atoms with Gasteiger partial charge in [-0.15, -0.1) is 0 Å². The van der Waals surface area contributed by atoms with E-state index in [0.29, 0.717) is 43.4 Å². The minimum Gasteiger partial charge on any atom is -0.322 e. The van der Waals surface area contributed by atoms with Gasteiger partial charge in [0.15, 0.2) is 17.4 Å². The fourth-order valence-electron chi connectivity index (χ4n) is 4.34. The lowest BCUT2D eigenvalue weighted by Crippen LogP contribution is -2.57. The number of hydrogen-bond donors (Lipinski definition) is 3. The second-order valence-electron chi connectivity index (χ2n) is 7.60. The molecule has 0 radical (unpaired) electrons. The van der Waals surface area contributed by atoms with E-state index in [1.54, 1.807) is 30.7 Å². The van der Waals surface area contributed by atoms with E-state index in [4.69, 9.17) is 11.6 Å². The highest BCUT2D eigenvalue weighted by atomic mass is 35.5. The number of likely N-dealkylation sites (tertiary alicyclic amines) is 1. The van der Waals surface area contributed by atoms with Gasteiger partial charge in [-0.2, -0.15) is 5.10 Å². The van der Waals surface area contributed by atoms with Crippen LogP contribution in [0.2, 0.25) is 5.02 Å². The molecule has 4 heterocycles. The lowest BCUT2D eigenvalue weighted by atomic mass is 9.87. The minimum atomic E-state index is -0.830. The third-order valence-corrected chi connectivity index (χ3v) is 6.02. The fourth-order valence-corrected chi connectivity index (χ4v) is 4.51. The van der Waals surface area contributed by atoms with E-state index in [0.717, 1.165) is 0 Å². The van der Waals surface area contributed by atoms with Crippen LogP contribution in [0.1, 0.15) is 22.5 Å². The predicted octanol–water partition coefficient (Wildman–Crippen LogP) is 2.54. The van der Waals surface area contributed by atoms with Gasteiger partial charge in [0.1, 0.15) is 5.82 Å². The van der Waals surface area contributed by atoms with Crippen LogP contribution in [0.4, 0.5) is 16.0 Å². The minimum absolute atomic E-state index is 0.0249. The summed E-state index contributed by atoms with van der Waals surface area (Å²) in [7, 11) is 0. The number of anilines is 2. The number of carbonyl (C=O) groups excluding carboxylic acids is 1. The highest BCUT2D eigenvalue weighted by molar-refractivity contribution is 6.31. The average molecular weight is 428 g/mol. The first-order valence-corrected chi connectivity index (χ1v) is 9.98. The quantitative estimate of drug-likeness (QED) is 0.520. The lowest BCUT2D eigenvalue weighted by Gasteiger charge is -2.37. The van der Waals surface area contributed by atoms with E-state index in [9.17, 15) is 9.18 Å². The first-order chi connectivity index (χ1) is 14.5. The normalized spacial score (nSPS) is 23.1. The Balaban J connectivity index is 1.41. The zero-order valence-corrected chi connectivity index (χ0v) is 16.7. The van der Waals surface area contributed by atoms with Crippen molar-refractivity contribution in [3.8, 4) is 0 Å². The molecular weight excluding hydrogens is 409 g/mol. The topological polar surface area (TPSA) is 98.8 Å². The van der Waals surface area contributed by atoms with E-state index in [-0.39, 0.29) is 22.4 Å². The molecular formula is C20H19ClFN7O. The van der Waals surface area contributed by atoms with E-state index in [1.807, 2.05) is 0 Å². The van der Waals surface area contributed by atoms with E-state index < -0.39 is 11.4 Å². The summed E-state index contributed by atoms with van der Waals surface area (Å²) in [5.74, 6) is 0.268. The average Bonchev–Trinajstić information content (AvgIpc) is 3.47. The van der Waals surface area contributed by atoms with Gasteiger partial charge >= 0.3 is 0 Å². The van der Waals surface area contributed by atoms with Gasteiger partial charge in [0.25, 0.3) is 0 Å². The lowest BCUT2D eigenvalue weighted by molar-refractivity contribution is 0.0631. The van der Waals surface area contributed by atoms with Gasteiger partial charge in [0, 0.05) is 44.1 Å². The van der Waals surface area contributed by atoms with Crippen LogP contribution < -0.4 is 10.6 Å². The molecule has 0 spiro atoms. The molecule has 1 aromatic carbocycles. The Morgan fingerprint density at radius 1 is 1.33 bits per heavy atom. The molecule has 3 aromatic rings. The number of piperazine rings is 1. The van der Waals surface area contributed by atoms with Crippen molar-refractivity contribution in [2.75, 3.05) is 18.4 Å². The van der Waals surface area contributed by atoms with Crippen LogP contribution >= 0.6 is 11.6 Å². The Hall–Kier alpha value is -2.88. The van der Waals surface area contributed by atoms with Gasteiger partial charge in [0.05, 0.1) is 28.0 Å². The number of ketones is 1. The van der Waals surface area contributed by atoms with Gasteiger partial charge in [-0.3, -0.25) is 19.8 Å². The third-order valence-electron chi connectivity index (χ3n) is 5.73. The summed E-state index contributed by atoms with van der Waals surface area (Å²) >= 11 is 5.92. The molecule has 5 rings (SSSR count). The van der Waals surface area contributed by atoms with Gasteiger partial charge in [0.2, 0.25) is 0 Å². The Morgan fingerprint density at radius 2 is 2.23 bits per heavy atom. The van der Waals surface area contributed by atoms with Gasteiger partial charge in [-0.05, 0) is 18.6 Å². The molecule has 3 N–H and O–H groups in total. The summed E-state index contributed by atoms with van der Waals surface area (Å²) in [6.07, 6.45) is 5.61. The van der Waals surface area contributed by atoms with Gasteiger partial charge in [-0.1, -0.05) is 17.7 Å². The predicted molar refractivity (Wildman–Crippen MR) is 109 cm³/mol. The maximum atomic E-state index is 14.6. The highest BCUT2D eigenvalue weighted by Gasteiger charge is 2.56. The molecule has 8 nitrogen and oxygen atoms in total. The first-order valence-electron chi connectivity index (χ1n) is 9.60. The van der Waals surface area contributed by atoms with Crippen LogP contribution in [0, 0.1) is 5.82 Å². The molecule has 2 saturated heterocycles. The number of benzene rings is 1. The number of aromatic nitrogens is 4. The molecule has 2 aromatic heterocycles. The Morgan fingerprint density at radius 3 is 3.03 bits per heavy atom. The monoisotopic (exact) mass is 427 g/mol. The molecule has 0 amide bonds. The number of halogens is 2. The SMILES string of the molecule is O=C(c1cccc(Cl)c1F)[C@]12CN[C@H](CN1Cc1cncc(Nc3cc[nH]n3)n1)C2. The van der Waals surface area contributed by atoms with E-state index >= 15 is 0 Å². The van der Waals surface area contributed by atoms with Crippen LogP contribution in [-0.2, 0) is 6.54 Å². The van der Waals surface area contributed by atoms with E-state index in [2.05, 4.69) is 35.7 Å². The van der Waals surface area contributed by atoms with Crippen LogP contribution in [0.3, 0.4) is 0 Å². The van der Waals surface area contributed by atoms with Crippen LogP contribution in [0.15, 0.2) is 42.9 Å². The van der Waals surface area contributed by atoms with Crippen LogP contribution in [-0.4, -0.2) is 55.5 Å². The van der Waals surface area contributed by atoms with Gasteiger partial charge in [-0.25, -0.2) is 9.37 Å². The van der Waals surface area contributed by atoms with Crippen molar-refractivity contribution in [1.82, 2.24) is 30.4 Å². The molecule has 2 aliphatic rings. The van der Waals surface area contributed by atoms with Crippen molar-refractivity contribution in [1.29, 1.82) is 0 Å². The summed E-state index contributed by atoms with van der Waals surface area (Å²) in [5, 5.41) is 13.2. The second-order valence-corrected chi connectivity index (χ2v) is 8.01. The fraction of sp³-hybridized carbons (Fsp3) is 0.300. The number of nitrogens with one attached hydrogen (secondary N) is 3. The molecule has 0 saturated carbocycles. The standard InChI is InChI=1S/C20H19ClFN7O/c21-15-3-1-2-14(18(15)22)19(30)20-6-12(24-11-20)9-29(20)10-13-7-23-8-17(26-13)27-16-4-5-25-28-16/h1-5,7-8,12,24H,6,9-11H2,(H2,25,26,27,28)/t12-,20-/m0/s1. The zero-order chi connectivity index (χ0) is 20.7. The van der Waals surface area contributed by atoms with Crippen molar-refractivity contribution in [3.63, 3.8) is 0 Å². The number of Topliss-reactive ketones (excluding diaryl/α,β-unsaturated/α-hetero) is 1. The Bertz CT molecular complexity index is 1090. The van der Waals surface area contributed by atoms with Crippen molar-refractivity contribution in [2.45, 2.75) is 24.5 Å². The summed E-state index contributed by atoms with van der Waals surface area (Å²) in [4.78, 5) is 24.4. The van der Waals surface area contributed by atoms with E-state index in [1.165, 1.54) is 12.1 Å². The molecule has 0 aliphatic carbocycles. The number of rotatable bonds is 6. The Labute approximate surface area is 176 Å². The maximum absolute atomic E-state index is 14.6.